The number of nitrogens with zero attached hydrogens (tertiary/aromatic N) is 1. The summed E-state index contributed by atoms with van der Waals surface area (Å²) in [7, 11) is 0. The Morgan fingerprint density at radius 1 is 1.12 bits per heavy atom. The lowest BCUT2D eigenvalue weighted by Gasteiger charge is -1.99. The summed E-state index contributed by atoms with van der Waals surface area (Å²) >= 11 is 5.85. The number of benzene rings is 2. The summed E-state index contributed by atoms with van der Waals surface area (Å²) in [6.45, 7) is 0. The molecule has 1 aromatic heterocycles. The maximum Gasteiger partial charge on any atom is 0.271 e. The quantitative estimate of drug-likeness (QED) is 0.560. The second kappa shape index (κ2) is 7.10. The molecule has 6 heteroatoms. The minimum absolute atomic E-state index is 0.188. The largest absolute Gasteiger partial charge is 0.455 e. The summed E-state index contributed by atoms with van der Waals surface area (Å²) in [6, 6.07) is 16.1. The molecule has 0 fully saturated rings. The first kappa shape index (κ1) is 16.0. The van der Waals surface area contributed by atoms with Crippen molar-refractivity contribution < 1.29 is 13.6 Å². The Kier molecular flexibility index (Phi) is 4.72. The standard InChI is InChI=1S/C18H12ClFN2O2/c19-14-6-4-12(5-7-14)17-9-8-16(24-17)11-21-22-18(23)13-2-1-3-15(20)10-13/h1-11H,(H,22,23)/b21-11+. The maximum absolute atomic E-state index is 13.1. The monoisotopic (exact) mass is 342 g/mol. The van der Waals surface area contributed by atoms with Crippen molar-refractivity contribution in [2.24, 2.45) is 5.10 Å². The Bertz CT molecular complexity index is 888. The van der Waals surface area contributed by atoms with Gasteiger partial charge in [0.05, 0.1) is 6.21 Å². The Balaban J connectivity index is 1.65. The second-order valence-electron chi connectivity index (χ2n) is 4.92. The molecule has 0 unspecified atom stereocenters. The number of carbonyl (C=O) groups excluding carboxylic acids is 1. The first-order valence-corrected chi connectivity index (χ1v) is 7.44. The van der Waals surface area contributed by atoms with Crippen LogP contribution in [0.5, 0.6) is 0 Å². The van der Waals surface area contributed by atoms with E-state index in [-0.39, 0.29) is 5.56 Å². The molecule has 0 bridgehead atoms. The van der Waals surface area contributed by atoms with Crippen molar-refractivity contribution >= 4 is 23.7 Å². The average molecular weight is 343 g/mol. The Morgan fingerprint density at radius 3 is 2.67 bits per heavy atom. The molecule has 4 nitrogen and oxygen atoms in total. The van der Waals surface area contributed by atoms with Gasteiger partial charge in [0.1, 0.15) is 17.3 Å². The van der Waals surface area contributed by atoms with Crippen LogP contribution in [0, 0.1) is 5.82 Å². The summed E-state index contributed by atoms with van der Waals surface area (Å²) in [4.78, 5) is 11.8. The molecule has 0 saturated carbocycles. The van der Waals surface area contributed by atoms with Crippen molar-refractivity contribution in [2.75, 3.05) is 0 Å². The van der Waals surface area contributed by atoms with Crippen LogP contribution in [0.1, 0.15) is 16.1 Å². The molecule has 3 aromatic rings. The lowest BCUT2D eigenvalue weighted by atomic mass is 10.2. The molecule has 0 spiro atoms. The number of amides is 1. The van der Waals surface area contributed by atoms with E-state index < -0.39 is 11.7 Å². The fourth-order valence-electron chi connectivity index (χ4n) is 2.04. The van der Waals surface area contributed by atoms with Crippen LogP contribution in [-0.2, 0) is 0 Å². The zero-order valence-electron chi connectivity index (χ0n) is 12.4. The lowest BCUT2D eigenvalue weighted by molar-refractivity contribution is 0.0954. The van der Waals surface area contributed by atoms with Gasteiger partial charge in [-0.3, -0.25) is 4.79 Å². The van der Waals surface area contributed by atoms with E-state index in [9.17, 15) is 9.18 Å². The number of nitrogens with one attached hydrogen (secondary N) is 1. The van der Waals surface area contributed by atoms with Crippen LogP contribution in [0.15, 0.2) is 70.2 Å². The van der Waals surface area contributed by atoms with Gasteiger partial charge in [-0.25, -0.2) is 9.82 Å². The van der Waals surface area contributed by atoms with E-state index in [2.05, 4.69) is 10.5 Å². The summed E-state index contributed by atoms with van der Waals surface area (Å²) in [6.07, 6.45) is 1.37. The number of rotatable bonds is 4. The molecule has 24 heavy (non-hydrogen) atoms. The van der Waals surface area contributed by atoms with Gasteiger partial charge in [0, 0.05) is 16.1 Å². The summed E-state index contributed by atoms with van der Waals surface area (Å²) in [5.74, 6) is 0.143. The molecule has 0 aliphatic carbocycles. The topological polar surface area (TPSA) is 54.6 Å². The van der Waals surface area contributed by atoms with Crippen molar-refractivity contribution in [3.8, 4) is 11.3 Å². The maximum atomic E-state index is 13.1. The first-order valence-electron chi connectivity index (χ1n) is 7.06. The van der Waals surface area contributed by atoms with Gasteiger partial charge in [-0.1, -0.05) is 17.7 Å². The fourth-order valence-corrected chi connectivity index (χ4v) is 2.17. The highest BCUT2D eigenvalue weighted by atomic mass is 35.5. The van der Waals surface area contributed by atoms with Crippen LogP contribution in [0.2, 0.25) is 5.02 Å². The zero-order valence-corrected chi connectivity index (χ0v) is 13.1. The number of hydrogen-bond donors (Lipinski definition) is 1. The van der Waals surface area contributed by atoms with E-state index in [1.807, 2.05) is 12.1 Å². The molecule has 0 aliphatic heterocycles. The highest BCUT2D eigenvalue weighted by Gasteiger charge is 2.06. The fraction of sp³-hybridized carbons (Fsp3) is 0. The van der Waals surface area contributed by atoms with Gasteiger partial charge in [-0.15, -0.1) is 0 Å². The van der Waals surface area contributed by atoms with Gasteiger partial charge in [-0.05, 0) is 54.6 Å². The SMILES string of the molecule is O=C(N/N=C/c1ccc(-c2ccc(Cl)cc2)o1)c1cccc(F)c1. The van der Waals surface area contributed by atoms with Crippen LogP contribution < -0.4 is 5.43 Å². The molecule has 0 aliphatic rings. The Hall–Kier alpha value is -2.92. The number of halogens is 2. The van der Waals surface area contributed by atoms with E-state index in [0.717, 1.165) is 11.6 Å². The highest BCUT2D eigenvalue weighted by molar-refractivity contribution is 6.30. The highest BCUT2D eigenvalue weighted by Crippen LogP contribution is 2.23. The molecule has 1 amide bonds. The van der Waals surface area contributed by atoms with E-state index in [4.69, 9.17) is 16.0 Å². The molecule has 1 N–H and O–H groups in total. The molecule has 2 aromatic carbocycles. The Morgan fingerprint density at radius 2 is 1.92 bits per heavy atom. The van der Waals surface area contributed by atoms with Crippen LogP contribution in [0.25, 0.3) is 11.3 Å². The predicted octanol–water partition coefficient (Wildman–Crippen LogP) is 4.50. The third-order valence-electron chi connectivity index (χ3n) is 3.20. The zero-order chi connectivity index (χ0) is 16.9. The third-order valence-corrected chi connectivity index (χ3v) is 3.45. The minimum atomic E-state index is -0.504. The molecular weight excluding hydrogens is 331 g/mol. The van der Waals surface area contributed by atoms with Gasteiger partial charge in [0.2, 0.25) is 0 Å². The third kappa shape index (κ3) is 3.88. The van der Waals surface area contributed by atoms with E-state index in [1.54, 1.807) is 24.3 Å². The lowest BCUT2D eigenvalue weighted by Crippen LogP contribution is -2.17. The van der Waals surface area contributed by atoms with Crippen molar-refractivity contribution in [3.05, 3.63) is 82.8 Å². The molecule has 0 saturated heterocycles. The normalized spacial score (nSPS) is 10.9. The number of hydrogen-bond acceptors (Lipinski definition) is 3. The molecule has 120 valence electrons. The smallest absolute Gasteiger partial charge is 0.271 e. The first-order chi connectivity index (χ1) is 11.6. The van der Waals surface area contributed by atoms with E-state index in [0.29, 0.717) is 16.5 Å². The average Bonchev–Trinajstić information content (AvgIpc) is 3.04. The molecule has 0 atom stereocenters. The summed E-state index contributed by atoms with van der Waals surface area (Å²) in [5.41, 5.74) is 3.38. The number of hydrazone groups is 1. The van der Waals surface area contributed by atoms with Crippen LogP contribution in [0.3, 0.4) is 0 Å². The number of furan rings is 1. The van der Waals surface area contributed by atoms with Crippen molar-refractivity contribution in [1.29, 1.82) is 0 Å². The predicted molar refractivity (Wildman–Crippen MR) is 90.6 cm³/mol. The van der Waals surface area contributed by atoms with Gasteiger partial charge < -0.3 is 4.42 Å². The van der Waals surface area contributed by atoms with Crippen LogP contribution in [0.4, 0.5) is 4.39 Å². The number of carbonyl (C=O) groups is 1. The molecule has 3 rings (SSSR count). The van der Waals surface area contributed by atoms with Crippen molar-refractivity contribution in [3.63, 3.8) is 0 Å². The summed E-state index contributed by atoms with van der Waals surface area (Å²) < 4.78 is 18.7. The molecule has 1 heterocycles. The van der Waals surface area contributed by atoms with Crippen molar-refractivity contribution in [2.45, 2.75) is 0 Å². The minimum Gasteiger partial charge on any atom is -0.455 e. The van der Waals surface area contributed by atoms with Gasteiger partial charge >= 0.3 is 0 Å². The Labute approximate surface area is 142 Å². The summed E-state index contributed by atoms with van der Waals surface area (Å²) in [5, 5.41) is 4.45. The van der Waals surface area contributed by atoms with Crippen LogP contribution >= 0.6 is 11.6 Å². The molecule has 0 radical (unpaired) electrons. The molecular formula is C18H12ClFN2O2. The van der Waals surface area contributed by atoms with Crippen molar-refractivity contribution in [1.82, 2.24) is 5.43 Å². The van der Waals surface area contributed by atoms with E-state index >= 15 is 0 Å². The van der Waals surface area contributed by atoms with Gasteiger partial charge in [0.15, 0.2) is 0 Å². The van der Waals surface area contributed by atoms with E-state index in [1.165, 1.54) is 24.4 Å². The van der Waals surface area contributed by atoms with Gasteiger partial charge in [0.25, 0.3) is 5.91 Å². The second-order valence-corrected chi connectivity index (χ2v) is 5.35. The van der Waals surface area contributed by atoms with Crippen LogP contribution in [-0.4, -0.2) is 12.1 Å². The van der Waals surface area contributed by atoms with Gasteiger partial charge in [-0.2, -0.15) is 5.10 Å².